The minimum atomic E-state index is -3.65. The average Bonchev–Trinajstić information content (AvgIpc) is 2.71. The second-order valence-corrected chi connectivity index (χ2v) is 8.78. The fourth-order valence-corrected chi connectivity index (χ4v) is 4.65. The van der Waals surface area contributed by atoms with Gasteiger partial charge in [-0.25, -0.2) is 13.2 Å². The zero-order chi connectivity index (χ0) is 21.4. The molecule has 1 atom stereocenters. The number of unbranched alkanes of at least 4 members (excludes halogenated alkanes) is 1. The number of benzene rings is 1. The van der Waals surface area contributed by atoms with Gasteiger partial charge in [-0.2, -0.15) is 4.31 Å². The quantitative estimate of drug-likeness (QED) is 0.613. The van der Waals surface area contributed by atoms with Gasteiger partial charge in [0.1, 0.15) is 11.8 Å². The Balaban J connectivity index is 2.00. The summed E-state index contributed by atoms with van der Waals surface area (Å²) in [6.45, 7) is 5.27. The summed E-state index contributed by atoms with van der Waals surface area (Å²) >= 11 is 0. The predicted molar refractivity (Wildman–Crippen MR) is 109 cm³/mol. The van der Waals surface area contributed by atoms with Gasteiger partial charge in [0.05, 0.1) is 11.5 Å². The first-order valence-electron chi connectivity index (χ1n) is 9.87. The van der Waals surface area contributed by atoms with Crippen molar-refractivity contribution in [2.75, 3.05) is 32.8 Å². The molecule has 1 heterocycles. The molecule has 1 saturated heterocycles. The third-order valence-electron chi connectivity index (χ3n) is 4.78. The minimum absolute atomic E-state index is 0.192. The molecule has 1 unspecified atom stereocenters. The number of carbonyl (C=O) groups is 2. The van der Waals surface area contributed by atoms with Gasteiger partial charge in [0.15, 0.2) is 0 Å². The van der Waals surface area contributed by atoms with E-state index in [1.54, 1.807) is 17.0 Å². The monoisotopic (exact) mass is 426 g/mol. The number of amides is 3. The summed E-state index contributed by atoms with van der Waals surface area (Å²) in [5.41, 5.74) is 5.19. The fourth-order valence-electron chi connectivity index (χ4n) is 3.23. The van der Waals surface area contributed by atoms with Crippen LogP contribution in [0.25, 0.3) is 0 Å². The van der Waals surface area contributed by atoms with Gasteiger partial charge in [0.25, 0.3) is 0 Å². The number of nitrogens with one attached hydrogen (secondary N) is 1. The molecular weight excluding hydrogens is 396 g/mol. The van der Waals surface area contributed by atoms with Crippen LogP contribution in [-0.2, 0) is 14.8 Å². The summed E-state index contributed by atoms with van der Waals surface area (Å²) in [5, 5.41) is 2.50. The highest BCUT2D eigenvalue weighted by Gasteiger charge is 2.32. The molecule has 2 rings (SSSR count). The molecular formula is C19H30N4O5S. The lowest BCUT2D eigenvalue weighted by Crippen LogP contribution is -2.56. The van der Waals surface area contributed by atoms with Crippen molar-refractivity contribution in [1.82, 2.24) is 14.5 Å². The van der Waals surface area contributed by atoms with Crippen LogP contribution in [-0.4, -0.2) is 68.4 Å². The Morgan fingerprint density at radius 1 is 1.14 bits per heavy atom. The van der Waals surface area contributed by atoms with E-state index in [1.165, 1.54) is 16.4 Å². The summed E-state index contributed by atoms with van der Waals surface area (Å²) in [4.78, 5) is 25.7. The summed E-state index contributed by atoms with van der Waals surface area (Å²) in [5.74, 6) is 0.386. The molecule has 1 aliphatic heterocycles. The van der Waals surface area contributed by atoms with Crippen molar-refractivity contribution in [1.29, 1.82) is 0 Å². The van der Waals surface area contributed by atoms with Crippen molar-refractivity contribution in [3.8, 4) is 5.75 Å². The first kappa shape index (κ1) is 23.0. The van der Waals surface area contributed by atoms with Crippen molar-refractivity contribution >= 4 is 22.0 Å². The Labute approximate surface area is 172 Å². The number of rotatable bonds is 9. The van der Waals surface area contributed by atoms with Crippen LogP contribution >= 0.6 is 0 Å². The number of nitrogens with zero attached hydrogens (tertiary/aromatic N) is 2. The number of sulfonamides is 1. The highest BCUT2D eigenvalue weighted by molar-refractivity contribution is 7.89. The first-order chi connectivity index (χ1) is 13.8. The van der Waals surface area contributed by atoms with E-state index < -0.39 is 22.1 Å². The molecule has 1 aromatic rings. The number of carbonyl (C=O) groups excluding carboxylic acids is 2. The number of piperazine rings is 1. The van der Waals surface area contributed by atoms with Crippen molar-refractivity contribution in [3.63, 3.8) is 0 Å². The molecule has 1 aromatic carbocycles. The van der Waals surface area contributed by atoms with Crippen LogP contribution in [0.2, 0.25) is 0 Å². The Bertz CT molecular complexity index is 789. The van der Waals surface area contributed by atoms with Gasteiger partial charge in [-0.3, -0.25) is 4.79 Å². The van der Waals surface area contributed by atoms with Crippen LogP contribution in [0.5, 0.6) is 5.75 Å². The van der Waals surface area contributed by atoms with E-state index in [0.29, 0.717) is 18.8 Å². The molecule has 9 nitrogen and oxygen atoms in total. The standard InChI is InChI=1S/C19H30N4O5S/c1-3-5-6-17(21-19(20)25)18(24)22-11-13-23(14-12-22)29(26,27)16-9-7-15(8-10-16)28-4-2/h7-10,17H,3-6,11-14H2,1-2H3,(H3,20,21,25). The summed E-state index contributed by atoms with van der Waals surface area (Å²) in [6.07, 6.45) is 2.17. The van der Waals surface area contributed by atoms with Gasteiger partial charge in [-0.05, 0) is 37.6 Å². The topological polar surface area (TPSA) is 122 Å². The van der Waals surface area contributed by atoms with Crippen molar-refractivity contribution in [3.05, 3.63) is 24.3 Å². The SMILES string of the molecule is CCCCC(NC(N)=O)C(=O)N1CCN(S(=O)(=O)c2ccc(OCC)cc2)CC1. The van der Waals surface area contributed by atoms with Crippen LogP contribution in [0.1, 0.15) is 33.1 Å². The maximum absolute atomic E-state index is 12.9. The Morgan fingerprint density at radius 3 is 2.28 bits per heavy atom. The van der Waals surface area contributed by atoms with E-state index in [-0.39, 0.29) is 37.0 Å². The van der Waals surface area contributed by atoms with E-state index >= 15 is 0 Å². The maximum atomic E-state index is 12.9. The lowest BCUT2D eigenvalue weighted by atomic mass is 10.1. The van der Waals surface area contributed by atoms with E-state index in [4.69, 9.17) is 10.5 Å². The summed E-state index contributed by atoms with van der Waals surface area (Å²) in [6, 6.07) is 4.89. The van der Waals surface area contributed by atoms with Crippen molar-refractivity contribution in [2.24, 2.45) is 5.73 Å². The third-order valence-corrected chi connectivity index (χ3v) is 6.70. The molecule has 10 heteroatoms. The first-order valence-corrected chi connectivity index (χ1v) is 11.3. The normalized spacial score (nSPS) is 16.3. The van der Waals surface area contributed by atoms with Gasteiger partial charge in [-0.1, -0.05) is 19.8 Å². The number of primary amides is 1. The van der Waals surface area contributed by atoms with E-state index in [0.717, 1.165) is 12.8 Å². The minimum Gasteiger partial charge on any atom is -0.494 e. The number of urea groups is 1. The van der Waals surface area contributed by atoms with Crippen LogP contribution in [0.3, 0.4) is 0 Å². The smallest absolute Gasteiger partial charge is 0.312 e. The van der Waals surface area contributed by atoms with Crippen molar-refractivity contribution < 1.29 is 22.7 Å². The lowest BCUT2D eigenvalue weighted by Gasteiger charge is -2.35. The fraction of sp³-hybridized carbons (Fsp3) is 0.579. The predicted octanol–water partition coefficient (Wildman–Crippen LogP) is 1.15. The second kappa shape index (κ2) is 10.4. The molecule has 1 aliphatic rings. The highest BCUT2D eigenvalue weighted by Crippen LogP contribution is 2.21. The van der Waals surface area contributed by atoms with Crippen LogP contribution < -0.4 is 15.8 Å². The van der Waals surface area contributed by atoms with E-state index in [9.17, 15) is 18.0 Å². The molecule has 0 spiro atoms. The molecule has 162 valence electrons. The molecule has 0 radical (unpaired) electrons. The summed E-state index contributed by atoms with van der Waals surface area (Å²) < 4.78 is 32.4. The second-order valence-electron chi connectivity index (χ2n) is 6.84. The van der Waals surface area contributed by atoms with Crippen LogP contribution in [0, 0.1) is 0 Å². The van der Waals surface area contributed by atoms with Crippen LogP contribution in [0.4, 0.5) is 4.79 Å². The largest absolute Gasteiger partial charge is 0.494 e. The van der Waals surface area contributed by atoms with E-state index in [2.05, 4.69) is 5.32 Å². The number of hydrogen-bond acceptors (Lipinski definition) is 5. The molecule has 29 heavy (non-hydrogen) atoms. The Hall–Kier alpha value is -2.33. The zero-order valence-electron chi connectivity index (χ0n) is 17.0. The highest BCUT2D eigenvalue weighted by atomic mass is 32.2. The average molecular weight is 427 g/mol. The Kier molecular flexibility index (Phi) is 8.27. The Morgan fingerprint density at radius 2 is 1.76 bits per heavy atom. The van der Waals surface area contributed by atoms with Gasteiger partial charge in [0.2, 0.25) is 15.9 Å². The van der Waals surface area contributed by atoms with Gasteiger partial charge < -0.3 is 20.7 Å². The molecule has 0 aromatic heterocycles. The van der Waals surface area contributed by atoms with Gasteiger partial charge in [-0.15, -0.1) is 0 Å². The number of hydrogen-bond donors (Lipinski definition) is 2. The molecule has 0 aliphatic carbocycles. The molecule has 1 fully saturated rings. The maximum Gasteiger partial charge on any atom is 0.312 e. The molecule has 3 amide bonds. The molecule has 0 bridgehead atoms. The van der Waals surface area contributed by atoms with Gasteiger partial charge in [0, 0.05) is 26.2 Å². The number of ether oxygens (including phenoxy) is 1. The molecule has 0 saturated carbocycles. The third kappa shape index (κ3) is 6.07. The van der Waals surface area contributed by atoms with Crippen molar-refractivity contribution in [2.45, 2.75) is 44.0 Å². The zero-order valence-corrected chi connectivity index (χ0v) is 17.8. The summed E-state index contributed by atoms with van der Waals surface area (Å²) in [7, 11) is -3.65. The van der Waals surface area contributed by atoms with E-state index in [1.807, 2.05) is 13.8 Å². The molecule has 3 N–H and O–H groups in total. The lowest BCUT2D eigenvalue weighted by molar-refractivity contribution is -0.134. The number of nitrogens with two attached hydrogens (primary N) is 1. The van der Waals surface area contributed by atoms with Gasteiger partial charge >= 0.3 is 6.03 Å². The van der Waals surface area contributed by atoms with Crippen LogP contribution in [0.15, 0.2) is 29.2 Å².